The van der Waals surface area contributed by atoms with Crippen LogP contribution in [-0.2, 0) is 23.9 Å². The summed E-state index contributed by atoms with van der Waals surface area (Å²) in [6.45, 7) is 7.01. The number of ether oxygens (including phenoxy) is 2. The molecule has 0 spiro atoms. The summed E-state index contributed by atoms with van der Waals surface area (Å²) in [6, 6.07) is 0. The molecular formula is C25H33NO6. The molecule has 5 rings (SSSR count). The third-order valence-corrected chi connectivity index (χ3v) is 9.57. The standard InChI is InChI=1S/C25H33NO6/c1-13-26-25(20(30)12-31-14(2)27)21(32-13)10-18-17-6-5-15-9-16(28)7-8-23(15,3)22(17)19(29)11-24(18,25)4/h9,17-19,21-22,29H,5-8,10-12H2,1-4H3/t17-,18-,19-,21+,22+,23-,24-,25?/m0/s1. The van der Waals surface area contributed by atoms with Crippen molar-refractivity contribution >= 4 is 23.4 Å². The van der Waals surface area contributed by atoms with Crippen LogP contribution in [0.5, 0.6) is 0 Å². The fourth-order valence-corrected chi connectivity index (χ4v) is 8.33. The Kier molecular flexibility index (Phi) is 4.76. The number of ketones is 2. The van der Waals surface area contributed by atoms with E-state index < -0.39 is 29.1 Å². The number of aliphatic hydroxyl groups excluding tert-OH is 1. The van der Waals surface area contributed by atoms with E-state index in [0.29, 0.717) is 25.2 Å². The number of nitrogens with zero attached hydrogens (tertiary/aromatic N) is 1. The van der Waals surface area contributed by atoms with Gasteiger partial charge < -0.3 is 14.6 Å². The molecule has 3 fully saturated rings. The SMILES string of the molecule is CC(=O)OCC(=O)C12N=C(C)O[C@@H]1C[C@H]1[C@@H]3CCC4=CC(=O)CC[C@]4(C)[C@H]3[C@@H](O)C[C@@]12C. The molecular weight excluding hydrogens is 410 g/mol. The van der Waals surface area contributed by atoms with Crippen molar-refractivity contribution in [3.05, 3.63) is 11.6 Å². The van der Waals surface area contributed by atoms with Gasteiger partial charge in [-0.25, -0.2) is 4.99 Å². The van der Waals surface area contributed by atoms with Gasteiger partial charge in [0.25, 0.3) is 0 Å². The summed E-state index contributed by atoms with van der Waals surface area (Å²) in [5.41, 5.74) is -0.732. The highest BCUT2D eigenvalue weighted by molar-refractivity contribution is 5.97. The topological polar surface area (TPSA) is 102 Å². The first-order valence-electron chi connectivity index (χ1n) is 11.8. The van der Waals surface area contributed by atoms with Gasteiger partial charge in [-0.3, -0.25) is 14.4 Å². The lowest BCUT2D eigenvalue weighted by Crippen LogP contribution is -2.62. The van der Waals surface area contributed by atoms with Crippen LogP contribution >= 0.6 is 0 Å². The van der Waals surface area contributed by atoms with Gasteiger partial charge in [-0.1, -0.05) is 19.4 Å². The summed E-state index contributed by atoms with van der Waals surface area (Å²) in [4.78, 5) is 41.8. The summed E-state index contributed by atoms with van der Waals surface area (Å²) in [6.07, 6.45) is 5.00. The quantitative estimate of drug-likeness (QED) is 0.673. The average molecular weight is 444 g/mol. The van der Waals surface area contributed by atoms with Crippen molar-refractivity contribution < 1.29 is 29.0 Å². The van der Waals surface area contributed by atoms with Crippen LogP contribution in [-0.4, -0.2) is 52.9 Å². The van der Waals surface area contributed by atoms with E-state index in [1.807, 2.05) is 6.08 Å². The molecule has 0 radical (unpaired) electrons. The van der Waals surface area contributed by atoms with Crippen molar-refractivity contribution in [1.82, 2.24) is 0 Å². The van der Waals surface area contributed by atoms with Crippen molar-refractivity contribution in [2.75, 3.05) is 6.61 Å². The molecule has 0 aromatic carbocycles. The highest BCUT2D eigenvalue weighted by Crippen LogP contribution is 2.69. The van der Waals surface area contributed by atoms with Gasteiger partial charge in [-0.15, -0.1) is 0 Å². The molecule has 0 aromatic rings. The Morgan fingerprint density at radius 1 is 1.31 bits per heavy atom. The summed E-state index contributed by atoms with van der Waals surface area (Å²) < 4.78 is 11.2. The van der Waals surface area contributed by atoms with Gasteiger partial charge in [-0.2, -0.15) is 0 Å². The maximum atomic E-state index is 13.6. The van der Waals surface area contributed by atoms with Crippen LogP contribution in [0.3, 0.4) is 0 Å². The zero-order valence-electron chi connectivity index (χ0n) is 19.3. The second-order valence-electron chi connectivity index (χ2n) is 11.0. The number of rotatable bonds is 3. The van der Waals surface area contributed by atoms with Crippen molar-refractivity contribution in [1.29, 1.82) is 0 Å². The van der Waals surface area contributed by atoms with Crippen molar-refractivity contribution in [2.24, 2.45) is 33.6 Å². The second kappa shape index (κ2) is 6.99. The monoisotopic (exact) mass is 443 g/mol. The first-order valence-corrected chi connectivity index (χ1v) is 11.8. The Morgan fingerprint density at radius 3 is 2.78 bits per heavy atom. The Morgan fingerprint density at radius 2 is 2.06 bits per heavy atom. The minimum absolute atomic E-state index is 0.0539. The van der Waals surface area contributed by atoms with E-state index in [2.05, 4.69) is 13.8 Å². The Hall–Kier alpha value is -2.02. The molecule has 8 atom stereocenters. The lowest BCUT2D eigenvalue weighted by molar-refractivity contribution is -0.157. The molecule has 5 aliphatic rings. The van der Waals surface area contributed by atoms with Crippen molar-refractivity contribution in [3.8, 4) is 0 Å². The second-order valence-corrected chi connectivity index (χ2v) is 11.0. The molecule has 174 valence electrons. The highest BCUT2D eigenvalue weighted by Gasteiger charge is 2.74. The molecule has 0 saturated heterocycles. The smallest absolute Gasteiger partial charge is 0.303 e. The number of aliphatic imine (C=N–C) groups is 1. The Labute approximate surface area is 188 Å². The summed E-state index contributed by atoms with van der Waals surface area (Å²) in [5.74, 6) is 0.371. The minimum atomic E-state index is -1.14. The van der Waals surface area contributed by atoms with Gasteiger partial charge in [-0.05, 0) is 61.3 Å². The van der Waals surface area contributed by atoms with Crippen molar-refractivity contribution in [3.63, 3.8) is 0 Å². The van der Waals surface area contributed by atoms with Crippen LogP contribution < -0.4 is 0 Å². The molecule has 0 bridgehead atoms. The van der Waals surface area contributed by atoms with Gasteiger partial charge in [0.1, 0.15) is 6.10 Å². The third-order valence-electron chi connectivity index (χ3n) is 9.57. The van der Waals surface area contributed by atoms with Gasteiger partial charge in [0, 0.05) is 25.7 Å². The number of carbonyl (C=O) groups excluding carboxylic acids is 3. The van der Waals surface area contributed by atoms with Gasteiger partial charge in [0.05, 0.1) is 6.10 Å². The molecule has 0 amide bonds. The third kappa shape index (κ3) is 2.69. The van der Waals surface area contributed by atoms with Gasteiger partial charge >= 0.3 is 5.97 Å². The number of Topliss-reactive ketones (excluding diaryl/α,β-unsaturated/α-hetero) is 1. The predicted molar refractivity (Wildman–Crippen MR) is 116 cm³/mol. The fraction of sp³-hybridized carbons (Fsp3) is 0.760. The molecule has 3 saturated carbocycles. The van der Waals surface area contributed by atoms with Crippen LogP contribution in [0.25, 0.3) is 0 Å². The molecule has 1 N–H and O–H groups in total. The van der Waals surface area contributed by atoms with E-state index in [1.165, 1.54) is 12.5 Å². The number of carbonyl (C=O) groups is 3. The van der Waals surface area contributed by atoms with Gasteiger partial charge in [0.2, 0.25) is 5.78 Å². The van der Waals surface area contributed by atoms with E-state index in [0.717, 1.165) is 19.3 Å². The molecule has 7 heteroatoms. The Bertz CT molecular complexity index is 954. The summed E-state index contributed by atoms with van der Waals surface area (Å²) in [7, 11) is 0. The Balaban J connectivity index is 1.55. The average Bonchev–Trinajstić information content (AvgIpc) is 3.17. The first-order chi connectivity index (χ1) is 15.0. The zero-order valence-corrected chi connectivity index (χ0v) is 19.3. The van der Waals surface area contributed by atoms with E-state index in [-0.39, 0.29) is 41.3 Å². The number of hydrogen-bond acceptors (Lipinski definition) is 7. The van der Waals surface area contributed by atoms with Gasteiger partial charge in [0.15, 0.2) is 23.8 Å². The molecule has 4 aliphatic carbocycles. The fourth-order valence-electron chi connectivity index (χ4n) is 8.33. The highest BCUT2D eigenvalue weighted by atomic mass is 16.5. The zero-order chi connectivity index (χ0) is 23.1. The van der Waals surface area contributed by atoms with E-state index in [4.69, 9.17) is 14.5 Å². The lowest BCUT2D eigenvalue weighted by atomic mass is 9.45. The summed E-state index contributed by atoms with van der Waals surface area (Å²) >= 11 is 0. The molecule has 7 nitrogen and oxygen atoms in total. The van der Waals surface area contributed by atoms with E-state index in [9.17, 15) is 19.5 Å². The lowest BCUT2D eigenvalue weighted by Gasteiger charge is -2.60. The number of allylic oxidation sites excluding steroid dienone is 1. The maximum Gasteiger partial charge on any atom is 0.303 e. The van der Waals surface area contributed by atoms with Crippen molar-refractivity contribution in [2.45, 2.75) is 84.0 Å². The largest absolute Gasteiger partial charge is 0.475 e. The normalized spacial score (nSPS) is 46.7. The first kappa shape index (κ1) is 21.8. The van der Waals surface area contributed by atoms with Crippen LogP contribution in [0.2, 0.25) is 0 Å². The predicted octanol–water partition coefficient (Wildman–Crippen LogP) is 2.79. The van der Waals surface area contributed by atoms with Crippen LogP contribution in [0, 0.1) is 28.6 Å². The van der Waals surface area contributed by atoms with E-state index >= 15 is 0 Å². The maximum absolute atomic E-state index is 13.6. The van der Waals surface area contributed by atoms with E-state index in [1.54, 1.807) is 6.92 Å². The molecule has 0 aromatic heterocycles. The molecule has 1 heterocycles. The number of esters is 1. The minimum Gasteiger partial charge on any atom is -0.475 e. The van der Waals surface area contributed by atoms with Crippen LogP contribution in [0.15, 0.2) is 16.6 Å². The van der Waals surface area contributed by atoms with Crippen LogP contribution in [0.4, 0.5) is 0 Å². The summed E-state index contributed by atoms with van der Waals surface area (Å²) in [5, 5.41) is 11.6. The number of hydrogen-bond donors (Lipinski definition) is 1. The molecule has 32 heavy (non-hydrogen) atoms. The number of fused-ring (bicyclic) bond motifs is 7. The van der Waals surface area contributed by atoms with Crippen LogP contribution in [0.1, 0.15) is 66.2 Å². The molecule has 1 unspecified atom stereocenters. The number of aliphatic hydroxyl groups is 1. The molecule has 1 aliphatic heterocycles.